The van der Waals surface area contributed by atoms with Gasteiger partial charge < -0.3 is 11.1 Å². The van der Waals surface area contributed by atoms with Crippen LogP contribution in [0.1, 0.15) is 22.3 Å². The molecule has 0 aliphatic heterocycles. The number of carbonyl (C=O) groups is 1. The zero-order valence-corrected chi connectivity index (χ0v) is 20.4. The number of primary amides is 1. The number of rotatable bonds is 7. The molecule has 0 atom stereocenters. The molecule has 0 saturated heterocycles. The van der Waals surface area contributed by atoms with Gasteiger partial charge in [0.2, 0.25) is 10.0 Å². The fourth-order valence-corrected chi connectivity index (χ4v) is 4.04. The Hall–Kier alpha value is -3.05. The molecule has 1 aliphatic carbocycles. The number of sulfonamides is 1. The lowest BCUT2D eigenvalue weighted by Crippen LogP contribution is -2.22. The van der Waals surface area contributed by atoms with E-state index in [1.165, 1.54) is 18.2 Å². The summed E-state index contributed by atoms with van der Waals surface area (Å²) in [4.78, 5) is 12.0. The number of halogens is 5. The Bertz CT molecular complexity index is 1430. The first kappa shape index (κ1) is 25.6. The van der Waals surface area contributed by atoms with E-state index in [2.05, 4.69) is 17.2 Å². The highest BCUT2D eigenvalue weighted by molar-refractivity contribution is 14.1. The van der Waals surface area contributed by atoms with E-state index in [0.29, 0.717) is 3.57 Å². The smallest absolute Gasteiger partial charge is 0.250 e. The molecule has 0 spiro atoms. The second-order valence-electron chi connectivity index (χ2n) is 7.17. The molecule has 0 heterocycles. The molecule has 178 valence electrons. The minimum Gasteiger partial charge on any atom is -0.366 e. The maximum atomic E-state index is 15.0. The number of carbonyl (C=O) groups excluding carboxylic acids is 1. The van der Waals surface area contributed by atoms with Gasteiger partial charge in [-0.3, -0.25) is 9.52 Å². The average molecular weight is 605 g/mol. The second kappa shape index (κ2) is 10.1. The van der Waals surface area contributed by atoms with Crippen LogP contribution in [0, 0.1) is 32.9 Å². The van der Waals surface area contributed by atoms with Gasteiger partial charge in [-0.15, -0.1) is 0 Å². The van der Waals surface area contributed by atoms with Crippen molar-refractivity contribution < 1.29 is 30.8 Å². The summed E-state index contributed by atoms with van der Waals surface area (Å²) in [5.41, 5.74) is 2.78. The minimum absolute atomic E-state index is 0.0101. The molecular weight excluding hydrogens is 589 g/mol. The molecule has 3 rings (SSSR count). The lowest BCUT2D eigenvalue weighted by atomic mass is 9.98. The van der Waals surface area contributed by atoms with E-state index in [0.717, 1.165) is 18.4 Å². The number of nitrogens with one attached hydrogen (secondary N) is 2. The van der Waals surface area contributed by atoms with Gasteiger partial charge in [-0.1, -0.05) is 12.0 Å². The van der Waals surface area contributed by atoms with Crippen molar-refractivity contribution in [1.29, 1.82) is 0 Å². The summed E-state index contributed by atoms with van der Waals surface area (Å²) >= 11 is 1.86. The second-order valence-corrected chi connectivity index (χ2v) is 10.2. The van der Waals surface area contributed by atoms with Crippen LogP contribution in [-0.2, 0) is 16.4 Å². The molecule has 0 unspecified atom stereocenters. The highest BCUT2D eigenvalue weighted by atomic mass is 127. The number of hydrogen-bond donors (Lipinski definition) is 3. The number of anilines is 2. The quantitative estimate of drug-likeness (QED) is 0.251. The first-order chi connectivity index (χ1) is 15.9. The Morgan fingerprint density at radius 3 is 2.50 bits per heavy atom. The van der Waals surface area contributed by atoms with Crippen LogP contribution in [0.5, 0.6) is 0 Å². The highest BCUT2D eigenvalue weighted by Crippen LogP contribution is 2.32. The number of benzene rings is 2. The van der Waals surface area contributed by atoms with E-state index in [9.17, 15) is 30.8 Å². The molecule has 2 aromatic carbocycles. The van der Waals surface area contributed by atoms with Crippen LogP contribution in [0.25, 0.3) is 0 Å². The van der Waals surface area contributed by atoms with E-state index in [-0.39, 0.29) is 17.7 Å². The molecule has 4 N–H and O–H groups in total. The van der Waals surface area contributed by atoms with E-state index < -0.39 is 68.1 Å². The van der Waals surface area contributed by atoms with Crippen molar-refractivity contribution in [1.82, 2.24) is 4.72 Å². The summed E-state index contributed by atoms with van der Waals surface area (Å²) in [6.07, 6.45) is 1.55. The Labute approximate surface area is 206 Å². The number of hydrogen-bond acceptors (Lipinski definition) is 4. The molecule has 0 bridgehead atoms. The number of nitrogens with two attached hydrogens (primary N) is 1. The highest BCUT2D eigenvalue weighted by Gasteiger charge is 2.24. The van der Waals surface area contributed by atoms with Gasteiger partial charge in [-0.05, 0) is 63.9 Å². The molecule has 1 aliphatic rings. The first-order valence-electron chi connectivity index (χ1n) is 9.46. The molecule has 0 saturated carbocycles. The molecule has 0 fully saturated rings. The minimum atomic E-state index is -3.86. The third kappa shape index (κ3) is 5.89. The Morgan fingerprint density at radius 1 is 1.18 bits per heavy atom. The Kier molecular flexibility index (Phi) is 7.57. The molecule has 12 heteroatoms. The Morgan fingerprint density at radius 2 is 1.88 bits per heavy atom. The molecule has 0 radical (unpaired) electrons. The van der Waals surface area contributed by atoms with Crippen molar-refractivity contribution in [3.8, 4) is 11.8 Å². The maximum Gasteiger partial charge on any atom is 0.250 e. The maximum absolute atomic E-state index is 15.0. The van der Waals surface area contributed by atoms with Crippen LogP contribution < -0.4 is 15.8 Å². The van der Waals surface area contributed by atoms with Gasteiger partial charge in [-0.2, -0.15) is 0 Å². The van der Waals surface area contributed by atoms with Gasteiger partial charge in [0.25, 0.3) is 5.91 Å². The zero-order valence-electron chi connectivity index (χ0n) is 17.4. The number of allylic oxidation sites excluding steroid dienone is 4. The molecular formula is C22H16F4IN3O3S. The monoisotopic (exact) mass is 605 g/mol. The molecule has 1 amide bonds. The van der Waals surface area contributed by atoms with E-state index in [4.69, 9.17) is 5.73 Å². The molecule has 2 aromatic rings. The van der Waals surface area contributed by atoms with Crippen LogP contribution >= 0.6 is 22.6 Å². The van der Waals surface area contributed by atoms with Crippen molar-refractivity contribution in [3.05, 3.63) is 79.6 Å². The Balaban J connectivity index is 2.04. The van der Waals surface area contributed by atoms with Crippen molar-refractivity contribution in [2.24, 2.45) is 5.73 Å². The van der Waals surface area contributed by atoms with Crippen molar-refractivity contribution in [2.75, 3.05) is 11.6 Å². The largest absolute Gasteiger partial charge is 0.366 e. The topological polar surface area (TPSA) is 101 Å². The van der Waals surface area contributed by atoms with Gasteiger partial charge in [0.1, 0.15) is 11.5 Å². The van der Waals surface area contributed by atoms with Crippen LogP contribution in [0.4, 0.5) is 28.9 Å². The molecule has 6 nitrogen and oxygen atoms in total. The van der Waals surface area contributed by atoms with E-state index in [1.54, 1.807) is 0 Å². The van der Waals surface area contributed by atoms with Crippen molar-refractivity contribution in [3.63, 3.8) is 0 Å². The van der Waals surface area contributed by atoms with Crippen LogP contribution in [-0.4, -0.2) is 20.6 Å². The van der Waals surface area contributed by atoms with Gasteiger partial charge >= 0.3 is 0 Å². The summed E-state index contributed by atoms with van der Waals surface area (Å²) in [6, 6.07) is 4.86. The van der Waals surface area contributed by atoms with Crippen molar-refractivity contribution in [2.45, 2.75) is 12.8 Å². The van der Waals surface area contributed by atoms with Crippen LogP contribution in [0.15, 0.2) is 47.4 Å². The van der Waals surface area contributed by atoms with Crippen molar-refractivity contribution >= 4 is 49.9 Å². The predicted molar refractivity (Wildman–Crippen MR) is 128 cm³/mol. The van der Waals surface area contributed by atoms with Gasteiger partial charge in [-0.25, -0.2) is 26.0 Å². The summed E-state index contributed by atoms with van der Waals surface area (Å²) < 4.78 is 84.6. The summed E-state index contributed by atoms with van der Waals surface area (Å²) in [5.74, 6) is -1.06. The zero-order chi connectivity index (χ0) is 25.2. The van der Waals surface area contributed by atoms with Crippen LogP contribution in [0.2, 0.25) is 0 Å². The average Bonchev–Trinajstić information content (AvgIpc) is 2.89. The van der Waals surface area contributed by atoms with E-state index in [1.807, 2.05) is 27.3 Å². The number of amides is 1. The van der Waals surface area contributed by atoms with E-state index >= 15 is 0 Å². The van der Waals surface area contributed by atoms with Gasteiger partial charge in [0, 0.05) is 16.4 Å². The molecule has 34 heavy (non-hydrogen) atoms. The molecule has 0 aromatic heterocycles. The van der Waals surface area contributed by atoms with Crippen LogP contribution in [0.3, 0.4) is 0 Å². The SMILES string of the molecule is CS(=O)(=O)NC1=C(F)C(Cc2cc(C(N)=O)c(Nc3ccc(I)cc3F)c(F)c2F)=CCC#C1. The normalized spacial score (nSPS) is 13.5. The first-order valence-corrected chi connectivity index (χ1v) is 12.4. The summed E-state index contributed by atoms with van der Waals surface area (Å²) in [7, 11) is -3.86. The standard InChI is InChI=1S/C22H16F4IN3O3S/c1-34(32,33)30-17-5-3-2-4-11(18(17)24)8-12-9-14(22(28)31)21(20(26)19(12)25)29-16-7-6-13(27)10-15(16)23/h4,6-7,9-10,29-30H,2,8H2,1H3,(H2,28,31). The summed E-state index contributed by atoms with van der Waals surface area (Å²) in [6.45, 7) is 0. The lowest BCUT2D eigenvalue weighted by Gasteiger charge is -2.16. The third-order valence-electron chi connectivity index (χ3n) is 4.57. The fraction of sp³-hybridized carbons (Fsp3) is 0.136. The summed E-state index contributed by atoms with van der Waals surface area (Å²) in [5, 5.41) is 2.35. The predicted octanol–water partition coefficient (Wildman–Crippen LogP) is 4.16. The van der Waals surface area contributed by atoms with Gasteiger partial charge in [0.15, 0.2) is 17.5 Å². The van der Waals surface area contributed by atoms with Gasteiger partial charge in [0.05, 0.1) is 23.2 Å². The third-order valence-corrected chi connectivity index (χ3v) is 5.82. The lowest BCUT2D eigenvalue weighted by molar-refractivity contribution is 0.100. The fourth-order valence-electron chi connectivity index (χ4n) is 3.08.